The van der Waals surface area contributed by atoms with E-state index >= 15 is 0 Å². The molecule has 2 aromatic rings. The van der Waals surface area contributed by atoms with Crippen LogP contribution >= 0.6 is 0 Å². The maximum Gasteiger partial charge on any atom is 0.488 e. The average molecular weight is 345 g/mol. The van der Waals surface area contributed by atoms with E-state index in [1.165, 1.54) is 7.69 Å². The van der Waals surface area contributed by atoms with Crippen LogP contribution in [0.25, 0.3) is 0 Å². The first-order valence-corrected chi connectivity index (χ1v) is 7.67. The van der Waals surface area contributed by atoms with Gasteiger partial charge in [0.05, 0.1) is 41.7 Å². The molecule has 1 radical (unpaired) electrons. The summed E-state index contributed by atoms with van der Waals surface area (Å²) in [4.78, 5) is 0. The van der Waals surface area contributed by atoms with Crippen molar-refractivity contribution in [1.82, 2.24) is 0 Å². The molecule has 0 spiro atoms. The van der Waals surface area contributed by atoms with Crippen molar-refractivity contribution in [3.05, 3.63) is 47.5 Å². The van der Waals surface area contributed by atoms with Crippen LogP contribution in [-0.2, 0) is 22.5 Å². The molecule has 0 N–H and O–H groups in total. The van der Waals surface area contributed by atoms with Crippen LogP contribution in [0.4, 0.5) is 0 Å². The third-order valence-electron chi connectivity index (χ3n) is 3.46. The molecule has 0 atom stereocenters. The molecule has 2 rings (SSSR count). The minimum Gasteiger partial charge on any atom is -0.497 e. The van der Waals surface area contributed by atoms with E-state index in [9.17, 15) is 0 Å². The molecule has 0 bridgehead atoms. The first-order valence-electron chi connectivity index (χ1n) is 7.67. The molecule has 0 aromatic heterocycles. The molecule has 0 amide bonds. The lowest BCUT2D eigenvalue weighted by Crippen LogP contribution is -2.05. The van der Waals surface area contributed by atoms with Crippen LogP contribution in [0.15, 0.2) is 36.4 Å². The van der Waals surface area contributed by atoms with Gasteiger partial charge < -0.3 is 28.3 Å². The van der Waals surface area contributed by atoms with Crippen LogP contribution < -0.4 is 18.9 Å². The zero-order valence-corrected chi connectivity index (χ0v) is 14.9. The van der Waals surface area contributed by atoms with Gasteiger partial charge in [0.15, 0.2) is 0 Å². The van der Waals surface area contributed by atoms with Crippen LogP contribution in [0.5, 0.6) is 23.0 Å². The minimum atomic E-state index is 0.342. The Morgan fingerprint density at radius 2 is 0.880 bits per heavy atom. The van der Waals surface area contributed by atoms with Crippen LogP contribution in [0.1, 0.15) is 11.1 Å². The van der Waals surface area contributed by atoms with Crippen molar-refractivity contribution in [2.24, 2.45) is 0 Å². The van der Waals surface area contributed by atoms with Crippen molar-refractivity contribution in [2.75, 3.05) is 28.4 Å². The lowest BCUT2D eigenvalue weighted by Gasteiger charge is -2.10. The Bertz CT molecular complexity index is 575. The van der Waals surface area contributed by atoms with Gasteiger partial charge >= 0.3 is 7.69 Å². The van der Waals surface area contributed by atoms with Gasteiger partial charge in [-0.2, -0.15) is 0 Å². The van der Waals surface area contributed by atoms with E-state index in [0.717, 1.165) is 11.1 Å². The third-order valence-corrected chi connectivity index (χ3v) is 3.46. The van der Waals surface area contributed by atoms with Crippen molar-refractivity contribution < 1.29 is 28.3 Å². The first kappa shape index (κ1) is 19.0. The molecule has 0 aliphatic rings. The standard InChI is InChI=1S/C18H22BO6/c1-20-15-5-13(6-16(9-15)21-2)11-24-19-25-12-14-7-17(22-3)10-18(8-14)23-4/h5-10H,11-12H2,1-4H3. The molecule has 7 heteroatoms. The Hall–Kier alpha value is -2.38. The maximum absolute atomic E-state index is 5.43. The Labute approximate surface area is 148 Å². The molecule has 0 saturated heterocycles. The highest BCUT2D eigenvalue weighted by atomic mass is 16.6. The quantitative estimate of drug-likeness (QED) is 0.487. The summed E-state index contributed by atoms with van der Waals surface area (Å²) in [5.74, 6) is 2.84. The molecule has 0 aliphatic carbocycles. The lowest BCUT2D eigenvalue weighted by molar-refractivity contribution is 0.206. The van der Waals surface area contributed by atoms with Crippen LogP contribution in [0.2, 0.25) is 0 Å². The third kappa shape index (κ3) is 5.88. The summed E-state index contributed by atoms with van der Waals surface area (Å²) in [6.45, 7) is 0.685. The summed E-state index contributed by atoms with van der Waals surface area (Å²) in [5.41, 5.74) is 1.83. The van der Waals surface area contributed by atoms with Gasteiger partial charge in [-0.1, -0.05) is 0 Å². The summed E-state index contributed by atoms with van der Waals surface area (Å²) in [6, 6.07) is 11.1. The molecule has 0 saturated carbocycles. The van der Waals surface area contributed by atoms with E-state index in [4.69, 9.17) is 28.3 Å². The fraction of sp³-hybridized carbons (Fsp3) is 0.333. The fourth-order valence-corrected chi connectivity index (χ4v) is 2.21. The Balaban J connectivity index is 1.82. The second kappa shape index (κ2) is 9.81. The van der Waals surface area contributed by atoms with E-state index in [1.807, 2.05) is 24.3 Å². The Morgan fingerprint density at radius 1 is 0.560 bits per heavy atom. The van der Waals surface area contributed by atoms with Crippen LogP contribution in [0.3, 0.4) is 0 Å². The number of rotatable bonds is 10. The van der Waals surface area contributed by atoms with E-state index < -0.39 is 0 Å². The van der Waals surface area contributed by atoms with Crippen LogP contribution in [0, 0.1) is 0 Å². The molecule has 0 aliphatic heterocycles. The Kier molecular flexibility index (Phi) is 7.44. The predicted octanol–water partition coefficient (Wildman–Crippen LogP) is 2.99. The van der Waals surface area contributed by atoms with Crippen molar-refractivity contribution in [2.45, 2.75) is 13.2 Å². The molecule has 133 valence electrons. The summed E-state index contributed by atoms with van der Waals surface area (Å²) >= 11 is 0. The maximum atomic E-state index is 5.43. The second-order valence-electron chi connectivity index (χ2n) is 5.16. The molecular formula is C18H22BO6. The van der Waals surface area contributed by atoms with Gasteiger partial charge in [0, 0.05) is 12.1 Å². The molecular weight excluding hydrogens is 323 g/mol. The van der Waals surface area contributed by atoms with Crippen LogP contribution in [-0.4, -0.2) is 36.1 Å². The zero-order valence-electron chi connectivity index (χ0n) is 14.9. The van der Waals surface area contributed by atoms with Crippen molar-refractivity contribution in [3.63, 3.8) is 0 Å². The molecule has 0 heterocycles. The van der Waals surface area contributed by atoms with Gasteiger partial charge in [-0.05, 0) is 35.4 Å². The molecule has 6 nitrogen and oxygen atoms in total. The first-order chi connectivity index (χ1) is 12.2. The van der Waals surface area contributed by atoms with E-state index in [-0.39, 0.29) is 0 Å². The molecule has 25 heavy (non-hydrogen) atoms. The molecule has 2 aromatic carbocycles. The Morgan fingerprint density at radius 3 is 1.16 bits per heavy atom. The minimum absolute atomic E-state index is 0.342. The SMILES string of the molecule is COc1cc(CO[B]OCc2cc(OC)cc(OC)c2)cc(OC)c1. The van der Waals surface area contributed by atoms with E-state index in [2.05, 4.69) is 0 Å². The summed E-state index contributed by atoms with van der Waals surface area (Å²) < 4.78 is 31.8. The van der Waals surface area contributed by atoms with Gasteiger partial charge in [0.25, 0.3) is 0 Å². The van der Waals surface area contributed by atoms with Gasteiger partial charge in [-0.3, -0.25) is 0 Å². The second-order valence-corrected chi connectivity index (χ2v) is 5.16. The van der Waals surface area contributed by atoms with Crippen molar-refractivity contribution >= 4 is 7.69 Å². The van der Waals surface area contributed by atoms with Gasteiger partial charge in [0.2, 0.25) is 0 Å². The highest BCUT2D eigenvalue weighted by molar-refractivity contribution is 6.17. The van der Waals surface area contributed by atoms with Gasteiger partial charge in [0.1, 0.15) is 23.0 Å². The molecule has 0 fully saturated rings. The highest BCUT2D eigenvalue weighted by Gasteiger charge is 2.05. The van der Waals surface area contributed by atoms with Crippen molar-refractivity contribution in [1.29, 1.82) is 0 Å². The molecule has 0 unspecified atom stereocenters. The topological polar surface area (TPSA) is 55.4 Å². The number of methoxy groups -OCH3 is 4. The van der Waals surface area contributed by atoms with E-state index in [0.29, 0.717) is 36.2 Å². The largest absolute Gasteiger partial charge is 0.497 e. The van der Waals surface area contributed by atoms with Gasteiger partial charge in [-0.25, -0.2) is 0 Å². The number of ether oxygens (including phenoxy) is 4. The monoisotopic (exact) mass is 345 g/mol. The number of benzene rings is 2. The van der Waals surface area contributed by atoms with E-state index in [1.54, 1.807) is 40.6 Å². The fourth-order valence-electron chi connectivity index (χ4n) is 2.21. The summed E-state index contributed by atoms with van der Waals surface area (Å²) in [7, 11) is 7.75. The summed E-state index contributed by atoms with van der Waals surface area (Å²) in [6.07, 6.45) is 0. The highest BCUT2D eigenvalue weighted by Crippen LogP contribution is 2.24. The zero-order chi connectivity index (χ0) is 18.1. The van der Waals surface area contributed by atoms with Crippen molar-refractivity contribution in [3.8, 4) is 23.0 Å². The average Bonchev–Trinajstić information content (AvgIpc) is 2.66. The lowest BCUT2D eigenvalue weighted by atomic mass is 10.2. The smallest absolute Gasteiger partial charge is 0.488 e. The normalized spacial score (nSPS) is 10.2. The number of hydrogen-bond donors (Lipinski definition) is 0. The van der Waals surface area contributed by atoms with Gasteiger partial charge in [-0.15, -0.1) is 0 Å². The number of hydrogen-bond acceptors (Lipinski definition) is 6. The summed E-state index contributed by atoms with van der Waals surface area (Å²) in [5, 5.41) is 0. The predicted molar refractivity (Wildman–Crippen MR) is 94.4 cm³/mol.